The number of tetrazole rings is 1. The van der Waals surface area contributed by atoms with Crippen molar-refractivity contribution in [1.29, 1.82) is 0 Å². The molecule has 0 aliphatic carbocycles. The first-order valence-electron chi connectivity index (χ1n) is 5.41. The van der Waals surface area contributed by atoms with Gasteiger partial charge in [0.1, 0.15) is 0 Å². The lowest BCUT2D eigenvalue weighted by atomic mass is 9.91. The zero-order chi connectivity index (χ0) is 11.4. The second-order valence-corrected chi connectivity index (χ2v) is 4.10. The fourth-order valence-electron chi connectivity index (χ4n) is 1.81. The number of aryl methyl sites for hydroxylation is 1. The molecule has 1 fully saturated rings. The molecule has 1 aliphatic heterocycles. The zero-order valence-electron chi connectivity index (χ0n) is 9.39. The number of rotatable bonds is 4. The molecule has 0 radical (unpaired) electrons. The molecular formula is C9H17N5O2. The highest BCUT2D eigenvalue weighted by Crippen LogP contribution is 2.20. The molecule has 1 aromatic rings. The van der Waals surface area contributed by atoms with Gasteiger partial charge in [0.15, 0.2) is 5.82 Å². The molecule has 16 heavy (non-hydrogen) atoms. The van der Waals surface area contributed by atoms with Crippen LogP contribution in [0.5, 0.6) is 0 Å². The van der Waals surface area contributed by atoms with Crippen LogP contribution in [0.1, 0.15) is 18.7 Å². The van der Waals surface area contributed by atoms with E-state index >= 15 is 0 Å². The predicted octanol–water partition coefficient (Wildman–Crippen LogP) is -1.16. The summed E-state index contributed by atoms with van der Waals surface area (Å²) in [5.74, 6) is 0.641. The van der Waals surface area contributed by atoms with Crippen molar-refractivity contribution in [3.63, 3.8) is 0 Å². The normalized spacial score (nSPS) is 19.9. The van der Waals surface area contributed by atoms with Crippen LogP contribution >= 0.6 is 0 Å². The Morgan fingerprint density at radius 2 is 2.25 bits per heavy atom. The Morgan fingerprint density at radius 3 is 2.81 bits per heavy atom. The third-order valence-corrected chi connectivity index (χ3v) is 2.92. The molecule has 1 saturated heterocycles. The van der Waals surface area contributed by atoms with Gasteiger partial charge in [0.25, 0.3) is 0 Å². The fourth-order valence-corrected chi connectivity index (χ4v) is 1.81. The summed E-state index contributed by atoms with van der Waals surface area (Å²) in [5.41, 5.74) is -0.253. The summed E-state index contributed by atoms with van der Waals surface area (Å²) in [6.07, 6.45) is 1.62. The van der Waals surface area contributed by atoms with Crippen molar-refractivity contribution in [2.45, 2.75) is 24.9 Å². The molecule has 0 bridgehead atoms. The number of aliphatic hydroxyl groups excluding tert-OH is 1. The molecule has 0 unspecified atom stereocenters. The van der Waals surface area contributed by atoms with Crippen LogP contribution in [0.4, 0.5) is 0 Å². The van der Waals surface area contributed by atoms with Crippen LogP contribution in [0.25, 0.3) is 0 Å². The number of nitrogens with one attached hydrogen (secondary N) is 1. The summed E-state index contributed by atoms with van der Waals surface area (Å²) in [4.78, 5) is 1.42. The van der Waals surface area contributed by atoms with E-state index in [-0.39, 0.29) is 12.1 Å². The maximum absolute atomic E-state index is 9.45. The van der Waals surface area contributed by atoms with E-state index in [1.807, 2.05) is 0 Å². The lowest BCUT2D eigenvalue weighted by molar-refractivity contribution is 0.0108. The molecule has 0 saturated carbocycles. The van der Waals surface area contributed by atoms with Gasteiger partial charge in [-0.3, -0.25) is 0 Å². The fraction of sp³-hybridized carbons (Fsp3) is 0.889. The SMILES string of the molecule is Cn1nnc(CNC2(CO)CCOCC2)n1. The second-order valence-electron chi connectivity index (χ2n) is 4.10. The van der Waals surface area contributed by atoms with Crippen LogP contribution in [0.15, 0.2) is 0 Å². The molecule has 2 rings (SSSR count). The molecular weight excluding hydrogens is 210 g/mol. The summed E-state index contributed by atoms with van der Waals surface area (Å²) < 4.78 is 5.28. The third-order valence-electron chi connectivity index (χ3n) is 2.92. The van der Waals surface area contributed by atoms with Gasteiger partial charge in [-0.15, -0.1) is 10.2 Å². The summed E-state index contributed by atoms with van der Waals surface area (Å²) in [5, 5.41) is 24.5. The molecule has 2 N–H and O–H groups in total. The van der Waals surface area contributed by atoms with Gasteiger partial charge in [0.2, 0.25) is 0 Å². The highest BCUT2D eigenvalue weighted by Gasteiger charge is 2.31. The first kappa shape index (κ1) is 11.4. The topological polar surface area (TPSA) is 85.1 Å². The number of nitrogens with zero attached hydrogens (tertiary/aromatic N) is 4. The first-order valence-corrected chi connectivity index (χ1v) is 5.41. The average molecular weight is 227 g/mol. The van der Waals surface area contributed by atoms with E-state index in [0.717, 1.165) is 12.8 Å². The minimum absolute atomic E-state index is 0.108. The maximum atomic E-state index is 9.45. The molecule has 7 heteroatoms. The average Bonchev–Trinajstić information content (AvgIpc) is 2.74. The van der Waals surface area contributed by atoms with Crippen molar-refractivity contribution < 1.29 is 9.84 Å². The quantitative estimate of drug-likeness (QED) is 0.675. The Kier molecular flexibility index (Phi) is 3.47. The van der Waals surface area contributed by atoms with Crippen molar-refractivity contribution in [2.24, 2.45) is 7.05 Å². The Labute approximate surface area is 93.8 Å². The summed E-state index contributed by atoms with van der Waals surface area (Å²) in [6, 6.07) is 0. The highest BCUT2D eigenvalue weighted by atomic mass is 16.5. The van der Waals surface area contributed by atoms with Gasteiger partial charge in [-0.25, -0.2) is 0 Å². The monoisotopic (exact) mass is 227 g/mol. The predicted molar refractivity (Wildman–Crippen MR) is 55.5 cm³/mol. The van der Waals surface area contributed by atoms with Crippen molar-refractivity contribution in [3.8, 4) is 0 Å². The van der Waals surface area contributed by atoms with E-state index in [9.17, 15) is 5.11 Å². The Hall–Kier alpha value is -1.05. The van der Waals surface area contributed by atoms with Crippen molar-refractivity contribution in [2.75, 3.05) is 19.8 Å². The van der Waals surface area contributed by atoms with E-state index in [0.29, 0.717) is 25.6 Å². The molecule has 7 nitrogen and oxygen atoms in total. The van der Waals surface area contributed by atoms with Crippen LogP contribution in [-0.4, -0.2) is 50.7 Å². The van der Waals surface area contributed by atoms with Crippen molar-refractivity contribution >= 4 is 0 Å². The summed E-state index contributed by atoms with van der Waals surface area (Å²) in [6.45, 7) is 1.99. The van der Waals surface area contributed by atoms with E-state index in [1.165, 1.54) is 4.80 Å². The minimum Gasteiger partial charge on any atom is -0.394 e. The molecule has 0 atom stereocenters. The molecule has 0 spiro atoms. The van der Waals surface area contributed by atoms with Gasteiger partial charge >= 0.3 is 0 Å². The summed E-state index contributed by atoms with van der Waals surface area (Å²) in [7, 11) is 1.73. The van der Waals surface area contributed by atoms with Crippen molar-refractivity contribution in [1.82, 2.24) is 25.5 Å². The number of hydrogen-bond donors (Lipinski definition) is 2. The Morgan fingerprint density at radius 1 is 1.50 bits per heavy atom. The van der Waals surface area contributed by atoms with Crippen LogP contribution < -0.4 is 5.32 Å². The third kappa shape index (κ3) is 2.55. The van der Waals surface area contributed by atoms with Gasteiger partial charge in [-0.05, 0) is 18.1 Å². The smallest absolute Gasteiger partial charge is 0.188 e. The van der Waals surface area contributed by atoms with Crippen molar-refractivity contribution in [3.05, 3.63) is 5.82 Å². The van der Waals surface area contributed by atoms with Crippen LogP contribution in [0.2, 0.25) is 0 Å². The highest BCUT2D eigenvalue weighted by molar-refractivity contribution is 4.91. The molecule has 0 aromatic carbocycles. The lowest BCUT2D eigenvalue weighted by Crippen LogP contribution is -2.52. The zero-order valence-corrected chi connectivity index (χ0v) is 9.39. The molecule has 1 aliphatic rings. The van der Waals surface area contributed by atoms with E-state index in [1.54, 1.807) is 7.05 Å². The second kappa shape index (κ2) is 4.86. The van der Waals surface area contributed by atoms with Crippen LogP contribution in [0.3, 0.4) is 0 Å². The number of hydrogen-bond acceptors (Lipinski definition) is 6. The molecule has 1 aromatic heterocycles. The van der Waals surface area contributed by atoms with E-state index in [2.05, 4.69) is 20.7 Å². The van der Waals surface area contributed by atoms with Crippen LogP contribution in [-0.2, 0) is 18.3 Å². The van der Waals surface area contributed by atoms with Gasteiger partial charge in [-0.1, -0.05) is 0 Å². The van der Waals surface area contributed by atoms with Gasteiger partial charge < -0.3 is 15.2 Å². The standard InChI is InChI=1S/C9H17N5O2/c1-14-12-8(11-13-14)6-10-9(7-15)2-4-16-5-3-9/h10,15H,2-7H2,1H3. The Bertz CT molecular complexity index is 334. The van der Waals surface area contributed by atoms with Crippen LogP contribution in [0, 0.1) is 0 Å². The van der Waals surface area contributed by atoms with E-state index < -0.39 is 0 Å². The van der Waals surface area contributed by atoms with Gasteiger partial charge in [0, 0.05) is 18.8 Å². The molecule has 2 heterocycles. The van der Waals surface area contributed by atoms with Gasteiger partial charge in [-0.2, -0.15) is 4.80 Å². The van der Waals surface area contributed by atoms with Gasteiger partial charge in [0.05, 0.1) is 20.2 Å². The number of aliphatic hydroxyl groups is 1. The minimum atomic E-state index is -0.253. The molecule has 90 valence electrons. The lowest BCUT2D eigenvalue weighted by Gasteiger charge is -2.36. The largest absolute Gasteiger partial charge is 0.394 e. The maximum Gasteiger partial charge on any atom is 0.188 e. The Balaban J connectivity index is 1.91. The van der Waals surface area contributed by atoms with E-state index in [4.69, 9.17) is 4.74 Å². The first-order chi connectivity index (χ1) is 7.74. The number of ether oxygens (including phenoxy) is 1. The molecule has 0 amide bonds. The number of aromatic nitrogens is 4. The summed E-state index contributed by atoms with van der Waals surface area (Å²) >= 11 is 0.